The normalized spacial score (nSPS) is 14.2. The highest BCUT2D eigenvalue weighted by atomic mass is 16.5. The summed E-state index contributed by atoms with van der Waals surface area (Å²) in [5, 5.41) is 9.66. The SMILES string of the molecule is O=C(CCCc1nc(C(=O)NCC(COc2ccccc2)N2CCOCC2)no1)Nc1ccc(-c2ccccc2)cc1. The monoisotopic (exact) mass is 569 g/mol. The van der Waals surface area contributed by atoms with Crippen molar-refractivity contribution in [1.29, 1.82) is 0 Å². The first-order valence-corrected chi connectivity index (χ1v) is 14.2. The first-order chi connectivity index (χ1) is 20.6. The van der Waals surface area contributed by atoms with E-state index < -0.39 is 5.91 Å². The lowest BCUT2D eigenvalue weighted by molar-refractivity contribution is -0.116. The van der Waals surface area contributed by atoms with E-state index in [1.165, 1.54) is 0 Å². The van der Waals surface area contributed by atoms with Crippen LogP contribution in [-0.2, 0) is 16.0 Å². The maximum absolute atomic E-state index is 12.8. The third kappa shape index (κ3) is 8.48. The Bertz CT molecular complexity index is 1410. The molecule has 218 valence electrons. The molecule has 1 aliphatic heterocycles. The first-order valence-electron chi connectivity index (χ1n) is 14.2. The molecule has 42 heavy (non-hydrogen) atoms. The molecule has 5 rings (SSSR count). The standard InChI is InChI=1S/C32H35N5O5/c38-29(34-26-16-14-25(15-17-26)24-8-3-1-4-9-24)12-7-13-30-35-31(36-42-30)32(39)33-22-27(37-18-20-40-21-19-37)23-41-28-10-5-2-6-11-28/h1-6,8-11,14-17,27H,7,12-13,18-23H2,(H,33,39)(H,34,38). The second-order valence-corrected chi connectivity index (χ2v) is 9.99. The Balaban J connectivity index is 1.05. The number of carbonyl (C=O) groups is 2. The Morgan fingerprint density at radius 1 is 0.905 bits per heavy atom. The molecule has 1 aromatic heterocycles. The highest BCUT2D eigenvalue weighted by Crippen LogP contribution is 2.21. The average Bonchev–Trinajstić information content (AvgIpc) is 3.52. The van der Waals surface area contributed by atoms with Crippen molar-refractivity contribution in [3.8, 4) is 16.9 Å². The molecule has 4 aromatic rings. The molecule has 10 heteroatoms. The van der Waals surface area contributed by atoms with Gasteiger partial charge in [-0.2, -0.15) is 4.98 Å². The van der Waals surface area contributed by atoms with Crippen molar-refractivity contribution in [3.63, 3.8) is 0 Å². The molecule has 1 aliphatic rings. The zero-order valence-corrected chi connectivity index (χ0v) is 23.4. The highest BCUT2D eigenvalue weighted by Gasteiger charge is 2.24. The van der Waals surface area contributed by atoms with Gasteiger partial charge in [0.25, 0.3) is 11.7 Å². The maximum atomic E-state index is 12.8. The number of hydrogen-bond acceptors (Lipinski definition) is 8. The van der Waals surface area contributed by atoms with E-state index in [-0.39, 0.29) is 24.2 Å². The minimum Gasteiger partial charge on any atom is -0.492 e. The van der Waals surface area contributed by atoms with E-state index in [2.05, 4.69) is 25.7 Å². The fraction of sp³-hybridized carbons (Fsp3) is 0.312. The zero-order valence-electron chi connectivity index (χ0n) is 23.4. The van der Waals surface area contributed by atoms with Crippen LogP contribution in [0.4, 0.5) is 5.69 Å². The van der Waals surface area contributed by atoms with Gasteiger partial charge in [-0.05, 0) is 41.8 Å². The number of benzene rings is 3. The van der Waals surface area contributed by atoms with Gasteiger partial charge in [0.15, 0.2) is 0 Å². The van der Waals surface area contributed by atoms with Crippen molar-refractivity contribution >= 4 is 17.5 Å². The van der Waals surface area contributed by atoms with E-state index in [1.54, 1.807) is 0 Å². The molecular formula is C32H35N5O5. The molecule has 1 saturated heterocycles. The Labute approximate surface area is 245 Å². The van der Waals surface area contributed by atoms with Gasteiger partial charge in [0.05, 0.1) is 19.3 Å². The number of morpholine rings is 1. The summed E-state index contributed by atoms with van der Waals surface area (Å²) in [5.41, 5.74) is 2.94. The number of amides is 2. The summed E-state index contributed by atoms with van der Waals surface area (Å²) in [4.78, 5) is 31.7. The number of carbonyl (C=O) groups excluding carboxylic acids is 2. The van der Waals surface area contributed by atoms with Gasteiger partial charge in [0, 0.05) is 38.2 Å². The van der Waals surface area contributed by atoms with E-state index in [0.29, 0.717) is 45.1 Å². The van der Waals surface area contributed by atoms with Crippen LogP contribution >= 0.6 is 0 Å². The number of para-hydroxylation sites is 1. The number of nitrogens with one attached hydrogen (secondary N) is 2. The van der Waals surface area contributed by atoms with Gasteiger partial charge in [0.1, 0.15) is 12.4 Å². The molecule has 2 heterocycles. The Morgan fingerprint density at radius 3 is 2.33 bits per heavy atom. The van der Waals surface area contributed by atoms with E-state index in [1.807, 2.05) is 84.9 Å². The molecule has 10 nitrogen and oxygen atoms in total. The van der Waals surface area contributed by atoms with E-state index >= 15 is 0 Å². The smallest absolute Gasteiger partial charge is 0.292 e. The predicted molar refractivity (Wildman–Crippen MR) is 158 cm³/mol. The summed E-state index contributed by atoms with van der Waals surface area (Å²) in [6.45, 7) is 3.59. The molecule has 0 bridgehead atoms. The van der Waals surface area contributed by atoms with E-state index in [4.69, 9.17) is 14.0 Å². The predicted octanol–water partition coefficient (Wildman–Crippen LogP) is 4.21. The number of aryl methyl sites for hydroxylation is 1. The molecule has 0 radical (unpaired) electrons. The van der Waals surface area contributed by atoms with Crippen LogP contribution in [0.15, 0.2) is 89.5 Å². The van der Waals surface area contributed by atoms with Gasteiger partial charge in [0.2, 0.25) is 11.8 Å². The molecule has 2 amide bonds. The molecule has 3 aromatic carbocycles. The van der Waals surface area contributed by atoms with Crippen LogP contribution in [0.5, 0.6) is 5.75 Å². The van der Waals surface area contributed by atoms with E-state index in [0.717, 1.165) is 35.7 Å². The van der Waals surface area contributed by atoms with Crippen LogP contribution in [-0.4, -0.2) is 72.4 Å². The molecule has 0 spiro atoms. The fourth-order valence-corrected chi connectivity index (χ4v) is 4.68. The summed E-state index contributed by atoms with van der Waals surface area (Å²) in [6.07, 6.45) is 1.18. The second kappa shape index (κ2) is 14.9. The van der Waals surface area contributed by atoms with Crippen LogP contribution in [0.2, 0.25) is 0 Å². The van der Waals surface area contributed by atoms with Crippen LogP contribution in [0.25, 0.3) is 11.1 Å². The largest absolute Gasteiger partial charge is 0.492 e. The van der Waals surface area contributed by atoms with Crippen molar-refractivity contribution < 1.29 is 23.6 Å². The lowest BCUT2D eigenvalue weighted by Crippen LogP contribution is -2.51. The third-order valence-electron chi connectivity index (χ3n) is 6.99. The third-order valence-corrected chi connectivity index (χ3v) is 6.99. The lowest BCUT2D eigenvalue weighted by atomic mass is 10.1. The number of rotatable bonds is 13. The Morgan fingerprint density at radius 2 is 1.60 bits per heavy atom. The van der Waals surface area contributed by atoms with Crippen molar-refractivity contribution in [2.24, 2.45) is 0 Å². The number of nitrogens with zero attached hydrogens (tertiary/aromatic N) is 3. The van der Waals surface area contributed by atoms with Crippen LogP contribution < -0.4 is 15.4 Å². The van der Waals surface area contributed by atoms with Gasteiger partial charge in [-0.25, -0.2) is 0 Å². The van der Waals surface area contributed by atoms with Gasteiger partial charge in [-0.1, -0.05) is 65.8 Å². The zero-order chi connectivity index (χ0) is 29.0. The minimum absolute atomic E-state index is 0.0299. The summed E-state index contributed by atoms with van der Waals surface area (Å²) < 4.78 is 16.7. The van der Waals surface area contributed by atoms with Gasteiger partial charge in [-0.15, -0.1) is 0 Å². The quantitative estimate of drug-likeness (QED) is 0.246. The van der Waals surface area contributed by atoms with E-state index in [9.17, 15) is 9.59 Å². The highest BCUT2D eigenvalue weighted by molar-refractivity contribution is 5.91. The molecule has 0 saturated carbocycles. The lowest BCUT2D eigenvalue weighted by Gasteiger charge is -2.34. The summed E-state index contributed by atoms with van der Waals surface area (Å²) >= 11 is 0. The molecule has 1 unspecified atom stereocenters. The Kier molecular flexibility index (Phi) is 10.3. The van der Waals surface area contributed by atoms with Crippen molar-refractivity contribution in [2.75, 3.05) is 44.8 Å². The molecule has 1 atom stereocenters. The van der Waals surface area contributed by atoms with Crippen LogP contribution in [0, 0.1) is 0 Å². The summed E-state index contributed by atoms with van der Waals surface area (Å²) in [6, 6.07) is 27.4. The molecule has 0 aliphatic carbocycles. The number of aromatic nitrogens is 2. The van der Waals surface area contributed by atoms with Gasteiger partial charge in [-0.3, -0.25) is 14.5 Å². The number of ether oxygens (including phenoxy) is 2. The topological polar surface area (TPSA) is 119 Å². The van der Waals surface area contributed by atoms with Crippen molar-refractivity contribution in [3.05, 3.63) is 96.6 Å². The second-order valence-electron chi connectivity index (χ2n) is 9.99. The first kappa shape index (κ1) is 29.0. The van der Waals surface area contributed by atoms with Crippen LogP contribution in [0.3, 0.4) is 0 Å². The average molecular weight is 570 g/mol. The fourth-order valence-electron chi connectivity index (χ4n) is 4.68. The van der Waals surface area contributed by atoms with Gasteiger partial charge >= 0.3 is 0 Å². The Hall–Kier alpha value is -4.54. The van der Waals surface area contributed by atoms with Gasteiger partial charge < -0.3 is 24.6 Å². The summed E-state index contributed by atoms with van der Waals surface area (Å²) in [5.74, 6) is 0.543. The molecular weight excluding hydrogens is 534 g/mol. The molecule has 1 fully saturated rings. The van der Waals surface area contributed by atoms with Crippen molar-refractivity contribution in [1.82, 2.24) is 20.4 Å². The van der Waals surface area contributed by atoms with Crippen molar-refractivity contribution in [2.45, 2.75) is 25.3 Å². The summed E-state index contributed by atoms with van der Waals surface area (Å²) in [7, 11) is 0. The molecule has 2 N–H and O–H groups in total. The maximum Gasteiger partial charge on any atom is 0.292 e. The van der Waals surface area contributed by atoms with Crippen LogP contribution in [0.1, 0.15) is 29.4 Å². The minimum atomic E-state index is -0.417. The number of hydrogen-bond donors (Lipinski definition) is 2. The number of anilines is 1.